The van der Waals surface area contributed by atoms with Crippen LogP contribution in [-0.2, 0) is 4.79 Å². The smallest absolute Gasteiger partial charge is 0.245 e. The van der Waals surface area contributed by atoms with E-state index in [1.54, 1.807) is 0 Å². The molecule has 0 aromatic carbocycles. The van der Waals surface area contributed by atoms with Crippen LogP contribution in [0.2, 0.25) is 0 Å². The van der Waals surface area contributed by atoms with Crippen LogP contribution in [-0.4, -0.2) is 37.8 Å². The molecule has 0 aromatic rings. The Balaban J connectivity index is 0. The van der Waals surface area contributed by atoms with E-state index in [1.165, 1.54) is 32.1 Å². The number of carbonyl (C=O) groups is 1. The van der Waals surface area contributed by atoms with E-state index in [1.807, 2.05) is 7.05 Å². The predicted molar refractivity (Wildman–Crippen MR) is 73.1 cm³/mol. The molecule has 104 valence electrons. The first-order valence-electron chi connectivity index (χ1n) is 6.33. The average Bonchev–Trinajstić information content (AvgIpc) is 2.31. The number of carbonyl (C=O) groups excluding carboxylic acids is 1. The summed E-state index contributed by atoms with van der Waals surface area (Å²) in [4.78, 5) is 10.7. The average molecular weight is 246 g/mol. The molecule has 3 N–H and O–H groups in total. The third kappa shape index (κ3) is 15.4. The minimum Gasteiger partial charge on any atom is -0.387 e. The summed E-state index contributed by atoms with van der Waals surface area (Å²) in [5.41, 5.74) is 0. The maximum atomic E-state index is 10.7. The summed E-state index contributed by atoms with van der Waals surface area (Å²) >= 11 is 0. The van der Waals surface area contributed by atoms with E-state index in [0.717, 1.165) is 19.4 Å². The second-order valence-electron chi connectivity index (χ2n) is 4.09. The number of aliphatic hydroxyl groups excluding tert-OH is 1. The van der Waals surface area contributed by atoms with E-state index in [4.69, 9.17) is 5.11 Å². The van der Waals surface area contributed by atoms with Gasteiger partial charge in [0.05, 0.1) is 0 Å². The van der Waals surface area contributed by atoms with Crippen LogP contribution in [0, 0.1) is 0 Å². The lowest BCUT2D eigenvalue weighted by Gasteiger charge is -2.03. The molecule has 0 radical (unpaired) electrons. The maximum Gasteiger partial charge on any atom is 0.245 e. The van der Waals surface area contributed by atoms with E-state index in [0.29, 0.717) is 6.54 Å². The molecule has 0 atom stereocenters. The molecule has 0 saturated carbocycles. The highest BCUT2D eigenvalue weighted by Gasteiger charge is 1.96. The van der Waals surface area contributed by atoms with Gasteiger partial charge >= 0.3 is 0 Å². The van der Waals surface area contributed by atoms with Gasteiger partial charge in [0.15, 0.2) is 0 Å². The zero-order valence-corrected chi connectivity index (χ0v) is 10.4. The van der Waals surface area contributed by atoms with Crippen molar-refractivity contribution in [3.05, 3.63) is 0 Å². The van der Waals surface area contributed by atoms with Gasteiger partial charge in [-0.15, -0.1) is 0 Å². The number of unbranched alkanes of at least 4 members (excludes halogenated alkanes) is 6. The summed E-state index contributed by atoms with van der Waals surface area (Å²) < 4.78 is 0. The van der Waals surface area contributed by atoms with E-state index < -0.39 is 6.61 Å². The summed E-state index contributed by atoms with van der Waals surface area (Å²) in [6.07, 6.45) is 8.60. The number of rotatable bonds is 11. The van der Waals surface area contributed by atoms with Crippen molar-refractivity contribution in [2.45, 2.75) is 52.4 Å². The van der Waals surface area contributed by atoms with Gasteiger partial charge < -0.3 is 15.7 Å². The van der Waals surface area contributed by atoms with Gasteiger partial charge in [0, 0.05) is 6.54 Å². The van der Waals surface area contributed by atoms with Crippen molar-refractivity contribution < 1.29 is 9.90 Å². The third-order valence-electron chi connectivity index (χ3n) is 2.57. The van der Waals surface area contributed by atoms with Crippen molar-refractivity contribution in [1.29, 1.82) is 0 Å². The summed E-state index contributed by atoms with van der Waals surface area (Å²) in [5, 5.41) is 14.3. The first-order chi connectivity index (χ1) is 7.81. The first-order valence-corrected chi connectivity index (χ1v) is 6.33. The molecule has 4 heteroatoms. The molecule has 0 fully saturated rings. The van der Waals surface area contributed by atoms with Gasteiger partial charge in [-0.05, 0) is 26.4 Å². The Kier molecular flexibility index (Phi) is 17.0. The predicted octanol–water partition coefficient (Wildman–Crippen LogP) is 1.68. The second kappa shape index (κ2) is 15.4. The summed E-state index contributed by atoms with van der Waals surface area (Å²) in [6.45, 7) is 1.41. The highest BCUT2D eigenvalue weighted by atomic mass is 16.3. The number of amides is 1. The van der Waals surface area contributed by atoms with E-state index in [-0.39, 0.29) is 13.3 Å². The molecule has 0 aliphatic heterocycles. The molecule has 1 amide bonds. The molecule has 0 aliphatic rings. The fraction of sp³-hybridized carbons (Fsp3) is 0.923. The van der Waals surface area contributed by atoms with Crippen molar-refractivity contribution in [3.8, 4) is 0 Å². The number of aliphatic hydroxyl groups is 1. The van der Waals surface area contributed by atoms with Gasteiger partial charge in [-0.2, -0.15) is 0 Å². The Morgan fingerprint density at radius 3 is 1.88 bits per heavy atom. The Morgan fingerprint density at radius 1 is 0.941 bits per heavy atom. The number of hydrogen-bond donors (Lipinski definition) is 3. The molecule has 0 aliphatic carbocycles. The SMILES string of the molecule is C.CNCCCCCCCCCNC(=O)CO. The fourth-order valence-electron chi connectivity index (χ4n) is 1.59. The largest absolute Gasteiger partial charge is 0.387 e. The molecule has 0 saturated heterocycles. The molecule has 0 aromatic heterocycles. The normalized spacial score (nSPS) is 9.76. The second-order valence-corrected chi connectivity index (χ2v) is 4.09. The molecular formula is C13H30N2O2. The van der Waals surface area contributed by atoms with Crippen LogP contribution >= 0.6 is 0 Å². The molecule has 0 heterocycles. The Hall–Kier alpha value is -0.610. The van der Waals surface area contributed by atoms with Crippen LogP contribution in [0.1, 0.15) is 52.4 Å². The first kappa shape index (κ1) is 18.7. The third-order valence-corrected chi connectivity index (χ3v) is 2.57. The zero-order valence-electron chi connectivity index (χ0n) is 10.4. The minimum atomic E-state index is -0.397. The summed E-state index contributed by atoms with van der Waals surface area (Å²) in [6, 6.07) is 0. The standard InChI is InChI=1S/C12H26N2O2.CH4/c1-13-9-7-5-3-2-4-6-8-10-14-12(16)11-15;/h13,15H,2-11H2,1H3,(H,14,16);1H4. The molecule has 0 spiro atoms. The zero-order chi connectivity index (χ0) is 12.1. The van der Waals surface area contributed by atoms with Gasteiger partial charge in [-0.25, -0.2) is 0 Å². The van der Waals surface area contributed by atoms with Gasteiger partial charge in [0.25, 0.3) is 0 Å². The van der Waals surface area contributed by atoms with Crippen LogP contribution in [0.15, 0.2) is 0 Å². The molecule has 17 heavy (non-hydrogen) atoms. The maximum absolute atomic E-state index is 10.7. The Bertz CT molecular complexity index is 163. The van der Waals surface area contributed by atoms with Gasteiger partial charge in [-0.1, -0.05) is 39.5 Å². The lowest BCUT2D eigenvalue weighted by Crippen LogP contribution is -2.26. The van der Waals surface area contributed by atoms with Crippen LogP contribution < -0.4 is 10.6 Å². The highest BCUT2D eigenvalue weighted by molar-refractivity contribution is 5.76. The van der Waals surface area contributed by atoms with Crippen LogP contribution in [0.25, 0.3) is 0 Å². The number of nitrogens with one attached hydrogen (secondary N) is 2. The number of hydrogen-bond acceptors (Lipinski definition) is 3. The van der Waals surface area contributed by atoms with Crippen molar-refractivity contribution in [2.24, 2.45) is 0 Å². The van der Waals surface area contributed by atoms with Crippen molar-refractivity contribution in [3.63, 3.8) is 0 Å². The molecular weight excluding hydrogens is 216 g/mol. The molecule has 0 unspecified atom stereocenters. The topological polar surface area (TPSA) is 61.4 Å². The monoisotopic (exact) mass is 246 g/mol. The molecule has 4 nitrogen and oxygen atoms in total. The highest BCUT2D eigenvalue weighted by Crippen LogP contribution is 2.06. The van der Waals surface area contributed by atoms with Crippen molar-refractivity contribution in [2.75, 3.05) is 26.7 Å². The minimum absolute atomic E-state index is 0. The van der Waals surface area contributed by atoms with Crippen LogP contribution in [0.5, 0.6) is 0 Å². The van der Waals surface area contributed by atoms with Gasteiger partial charge in [0.2, 0.25) is 5.91 Å². The van der Waals surface area contributed by atoms with Gasteiger partial charge in [0.1, 0.15) is 6.61 Å². The Labute approximate surface area is 106 Å². The Morgan fingerprint density at radius 2 is 1.41 bits per heavy atom. The summed E-state index contributed by atoms with van der Waals surface area (Å²) in [7, 11) is 1.99. The van der Waals surface area contributed by atoms with Crippen molar-refractivity contribution in [1.82, 2.24) is 10.6 Å². The van der Waals surface area contributed by atoms with E-state index in [9.17, 15) is 4.79 Å². The van der Waals surface area contributed by atoms with Gasteiger partial charge in [-0.3, -0.25) is 4.79 Å². The fourth-order valence-corrected chi connectivity index (χ4v) is 1.59. The van der Waals surface area contributed by atoms with Crippen LogP contribution in [0.4, 0.5) is 0 Å². The lowest BCUT2D eigenvalue weighted by atomic mass is 10.1. The quantitative estimate of drug-likeness (QED) is 0.486. The summed E-state index contributed by atoms with van der Waals surface area (Å²) in [5.74, 6) is -0.271. The lowest BCUT2D eigenvalue weighted by molar-refractivity contribution is -0.123. The van der Waals surface area contributed by atoms with E-state index >= 15 is 0 Å². The van der Waals surface area contributed by atoms with Crippen LogP contribution in [0.3, 0.4) is 0 Å². The van der Waals surface area contributed by atoms with Crippen molar-refractivity contribution >= 4 is 5.91 Å². The van der Waals surface area contributed by atoms with E-state index in [2.05, 4.69) is 10.6 Å². The molecule has 0 rings (SSSR count). The molecule has 0 bridgehead atoms.